The molecular weight excluding hydrogens is 334 g/mol. The average Bonchev–Trinajstić information content (AvgIpc) is 2.83. The summed E-state index contributed by atoms with van der Waals surface area (Å²) in [7, 11) is 0. The lowest BCUT2D eigenvalue weighted by atomic mass is 10.1. The monoisotopic (exact) mass is 351 g/mol. The van der Waals surface area contributed by atoms with Gasteiger partial charge in [0.15, 0.2) is 0 Å². The maximum Gasteiger partial charge on any atom is 0.262 e. The van der Waals surface area contributed by atoms with Crippen LogP contribution in [0.15, 0.2) is 24.3 Å². The van der Waals surface area contributed by atoms with Crippen molar-refractivity contribution in [3.63, 3.8) is 0 Å². The highest BCUT2D eigenvalue weighted by atomic mass is 35.5. The Morgan fingerprint density at radius 1 is 1.08 bits per heavy atom. The van der Waals surface area contributed by atoms with Gasteiger partial charge in [-0.05, 0) is 19.1 Å². The second-order valence-corrected chi connectivity index (χ2v) is 5.66. The first-order valence-electron chi connectivity index (χ1n) is 7.54. The summed E-state index contributed by atoms with van der Waals surface area (Å²) >= 11 is 5.44. The van der Waals surface area contributed by atoms with E-state index in [1.165, 1.54) is 6.92 Å². The number of rotatable bonds is 7. The average molecular weight is 352 g/mol. The SMILES string of the molecule is CC(C(=O)NCCNC(=O)CCCl)N1C(=O)c2ccccc2C1=O. The van der Waals surface area contributed by atoms with Crippen molar-refractivity contribution in [1.82, 2.24) is 15.5 Å². The first-order valence-corrected chi connectivity index (χ1v) is 8.08. The molecule has 7 nitrogen and oxygen atoms in total. The molecule has 1 heterocycles. The molecule has 1 aliphatic heterocycles. The first kappa shape index (κ1) is 17.9. The lowest BCUT2D eigenvalue weighted by Gasteiger charge is -2.21. The van der Waals surface area contributed by atoms with E-state index >= 15 is 0 Å². The zero-order valence-corrected chi connectivity index (χ0v) is 13.9. The van der Waals surface area contributed by atoms with Crippen molar-refractivity contribution in [2.24, 2.45) is 0 Å². The Bertz CT molecular complexity index is 642. The molecule has 0 radical (unpaired) electrons. The van der Waals surface area contributed by atoms with Crippen molar-refractivity contribution in [3.8, 4) is 0 Å². The standard InChI is InChI=1S/C16H18ClN3O4/c1-10(14(22)19-9-8-18-13(21)6-7-17)20-15(23)11-4-2-3-5-12(11)16(20)24/h2-5,10H,6-9H2,1H3,(H,18,21)(H,19,22). The topological polar surface area (TPSA) is 95.6 Å². The molecule has 1 aliphatic rings. The van der Waals surface area contributed by atoms with Crippen LogP contribution >= 0.6 is 11.6 Å². The molecule has 2 N–H and O–H groups in total. The predicted molar refractivity (Wildman–Crippen MR) is 87.8 cm³/mol. The fourth-order valence-corrected chi connectivity index (χ4v) is 2.56. The number of amides is 4. The summed E-state index contributed by atoms with van der Waals surface area (Å²) in [4.78, 5) is 48.9. The summed E-state index contributed by atoms with van der Waals surface area (Å²) in [6.45, 7) is 1.93. The van der Waals surface area contributed by atoms with E-state index in [9.17, 15) is 19.2 Å². The first-order chi connectivity index (χ1) is 11.5. The normalized spacial score (nSPS) is 14.3. The lowest BCUT2D eigenvalue weighted by Crippen LogP contribution is -2.49. The molecule has 0 fully saturated rings. The number of benzene rings is 1. The van der Waals surface area contributed by atoms with Gasteiger partial charge in [-0.2, -0.15) is 0 Å². The van der Waals surface area contributed by atoms with Crippen LogP contribution in [0.25, 0.3) is 0 Å². The third-order valence-corrected chi connectivity index (χ3v) is 3.85. The fraction of sp³-hybridized carbons (Fsp3) is 0.375. The Kier molecular flexibility index (Phi) is 5.92. The molecule has 2 rings (SSSR count). The number of nitrogens with one attached hydrogen (secondary N) is 2. The van der Waals surface area contributed by atoms with E-state index in [4.69, 9.17) is 11.6 Å². The number of hydrogen-bond acceptors (Lipinski definition) is 4. The molecule has 0 saturated carbocycles. The van der Waals surface area contributed by atoms with Gasteiger partial charge in [0.2, 0.25) is 11.8 Å². The quantitative estimate of drug-likeness (QED) is 0.425. The van der Waals surface area contributed by atoms with Crippen LogP contribution in [0.3, 0.4) is 0 Å². The minimum Gasteiger partial charge on any atom is -0.354 e. The molecule has 0 saturated heterocycles. The highest BCUT2D eigenvalue weighted by Gasteiger charge is 2.40. The van der Waals surface area contributed by atoms with Gasteiger partial charge >= 0.3 is 0 Å². The second kappa shape index (κ2) is 7.92. The summed E-state index contributed by atoms with van der Waals surface area (Å²) in [5, 5.41) is 5.19. The van der Waals surface area contributed by atoms with Gasteiger partial charge in [0.05, 0.1) is 11.1 Å². The zero-order valence-electron chi connectivity index (χ0n) is 13.2. The fourth-order valence-electron chi connectivity index (χ4n) is 2.39. The Morgan fingerprint density at radius 3 is 2.17 bits per heavy atom. The molecule has 24 heavy (non-hydrogen) atoms. The number of nitrogens with zero attached hydrogens (tertiary/aromatic N) is 1. The molecule has 0 spiro atoms. The highest BCUT2D eigenvalue weighted by molar-refractivity contribution is 6.22. The van der Waals surface area contributed by atoms with E-state index in [2.05, 4.69) is 10.6 Å². The van der Waals surface area contributed by atoms with Crippen LogP contribution in [-0.4, -0.2) is 53.5 Å². The summed E-state index contributed by atoms with van der Waals surface area (Å²) in [5.41, 5.74) is 0.603. The van der Waals surface area contributed by atoms with Crippen LogP contribution in [0, 0.1) is 0 Å². The Morgan fingerprint density at radius 2 is 1.62 bits per heavy atom. The molecule has 8 heteroatoms. The van der Waals surface area contributed by atoms with Gasteiger partial charge in [0.25, 0.3) is 11.8 Å². The third kappa shape index (κ3) is 3.73. The van der Waals surface area contributed by atoms with Crippen molar-refractivity contribution < 1.29 is 19.2 Å². The molecule has 1 aromatic rings. The second-order valence-electron chi connectivity index (χ2n) is 5.28. The van der Waals surface area contributed by atoms with Crippen LogP contribution in [0.5, 0.6) is 0 Å². The van der Waals surface area contributed by atoms with E-state index in [-0.39, 0.29) is 31.3 Å². The van der Waals surface area contributed by atoms with Gasteiger partial charge in [0, 0.05) is 25.4 Å². The zero-order chi connectivity index (χ0) is 17.7. The van der Waals surface area contributed by atoms with Crippen molar-refractivity contribution in [2.75, 3.05) is 19.0 Å². The number of halogens is 1. The maximum absolute atomic E-state index is 12.3. The number of carbonyl (C=O) groups is 4. The van der Waals surface area contributed by atoms with Crippen LogP contribution < -0.4 is 10.6 Å². The highest BCUT2D eigenvalue weighted by Crippen LogP contribution is 2.24. The van der Waals surface area contributed by atoms with Crippen molar-refractivity contribution >= 4 is 35.2 Å². The van der Waals surface area contributed by atoms with Crippen LogP contribution in [-0.2, 0) is 9.59 Å². The van der Waals surface area contributed by atoms with Crippen LogP contribution in [0.2, 0.25) is 0 Å². The maximum atomic E-state index is 12.3. The van der Waals surface area contributed by atoms with Gasteiger partial charge < -0.3 is 10.6 Å². The van der Waals surface area contributed by atoms with E-state index in [1.807, 2.05) is 0 Å². The molecular formula is C16H18ClN3O4. The van der Waals surface area contributed by atoms with Crippen molar-refractivity contribution in [2.45, 2.75) is 19.4 Å². The predicted octanol–water partition coefficient (Wildman–Crippen LogP) is 0.532. The van der Waals surface area contributed by atoms with E-state index in [0.717, 1.165) is 4.90 Å². The number of hydrogen-bond donors (Lipinski definition) is 2. The number of fused-ring (bicyclic) bond motifs is 1. The minimum absolute atomic E-state index is 0.195. The van der Waals surface area contributed by atoms with Gasteiger partial charge in [-0.15, -0.1) is 11.6 Å². The Hall–Kier alpha value is -2.41. The van der Waals surface area contributed by atoms with E-state index in [1.54, 1.807) is 24.3 Å². The van der Waals surface area contributed by atoms with E-state index < -0.39 is 23.8 Å². The third-order valence-electron chi connectivity index (χ3n) is 3.66. The Labute approximate surface area is 144 Å². The van der Waals surface area contributed by atoms with E-state index in [0.29, 0.717) is 11.1 Å². The molecule has 128 valence electrons. The summed E-state index contributed by atoms with van der Waals surface area (Å²) in [6, 6.07) is 5.53. The van der Waals surface area contributed by atoms with Gasteiger partial charge in [-0.25, -0.2) is 0 Å². The van der Waals surface area contributed by atoms with Gasteiger partial charge in [0.1, 0.15) is 6.04 Å². The minimum atomic E-state index is -0.934. The Balaban J connectivity index is 1.89. The summed E-state index contributed by atoms with van der Waals surface area (Å²) < 4.78 is 0. The number of imide groups is 1. The van der Waals surface area contributed by atoms with Gasteiger partial charge in [-0.1, -0.05) is 12.1 Å². The summed E-state index contributed by atoms with van der Waals surface area (Å²) in [6.07, 6.45) is 0.209. The molecule has 0 aromatic heterocycles. The smallest absolute Gasteiger partial charge is 0.262 e. The van der Waals surface area contributed by atoms with Gasteiger partial charge in [-0.3, -0.25) is 24.1 Å². The van der Waals surface area contributed by atoms with Crippen molar-refractivity contribution in [3.05, 3.63) is 35.4 Å². The van der Waals surface area contributed by atoms with Crippen LogP contribution in [0.4, 0.5) is 0 Å². The number of carbonyl (C=O) groups excluding carboxylic acids is 4. The molecule has 0 bridgehead atoms. The largest absolute Gasteiger partial charge is 0.354 e. The molecule has 1 atom stereocenters. The van der Waals surface area contributed by atoms with Crippen molar-refractivity contribution in [1.29, 1.82) is 0 Å². The molecule has 1 aromatic carbocycles. The summed E-state index contributed by atoms with van der Waals surface area (Å²) in [5.74, 6) is -1.39. The van der Waals surface area contributed by atoms with Crippen LogP contribution in [0.1, 0.15) is 34.1 Å². The number of alkyl halides is 1. The molecule has 1 unspecified atom stereocenters. The molecule has 4 amide bonds. The molecule has 0 aliphatic carbocycles. The lowest BCUT2D eigenvalue weighted by molar-refractivity contribution is -0.125.